The van der Waals surface area contributed by atoms with Crippen LogP contribution in [-0.2, 0) is 4.79 Å². The summed E-state index contributed by atoms with van der Waals surface area (Å²) in [5.41, 5.74) is -0.281. The van der Waals surface area contributed by atoms with Crippen LogP contribution in [0.15, 0.2) is 0 Å². The number of hydrogen-bond donors (Lipinski definition) is 2. The van der Waals surface area contributed by atoms with Crippen LogP contribution in [0.5, 0.6) is 0 Å². The van der Waals surface area contributed by atoms with E-state index in [-0.39, 0.29) is 29.8 Å². The van der Waals surface area contributed by atoms with Crippen molar-refractivity contribution >= 4 is 18.3 Å². The molecule has 2 N–H and O–H groups in total. The van der Waals surface area contributed by atoms with Crippen molar-refractivity contribution in [3.05, 3.63) is 0 Å². The molecule has 1 aliphatic heterocycles. The number of rotatable bonds is 2. The Morgan fingerprint density at radius 1 is 1.44 bits per heavy atom. The zero-order chi connectivity index (χ0) is 11.5. The van der Waals surface area contributed by atoms with Crippen molar-refractivity contribution in [1.82, 2.24) is 10.6 Å². The molecule has 2 atom stereocenters. The zero-order valence-electron chi connectivity index (χ0n) is 10.8. The molecule has 0 aromatic carbocycles. The summed E-state index contributed by atoms with van der Waals surface area (Å²) in [4.78, 5) is 11.8. The maximum absolute atomic E-state index is 11.8. The van der Waals surface area contributed by atoms with E-state index in [9.17, 15) is 4.79 Å². The van der Waals surface area contributed by atoms with Crippen LogP contribution in [0.4, 0.5) is 0 Å². The van der Waals surface area contributed by atoms with Gasteiger partial charge in [-0.3, -0.25) is 4.79 Å². The quantitative estimate of drug-likeness (QED) is 0.785. The Kier molecular flexibility index (Phi) is 6.34. The minimum atomic E-state index is -0.281. The molecule has 2 unspecified atom stereocenters. The van der Waals surface area contributed by atoms with Crippen molar-refractivity contribution in [2.75, 3.05) is 13.1 Å². The summed E-state index contributed by atoms with van der Waals surface area (Å²) in [7, 11) is 0. The fourth-order valence-corrected chi connectivity index (χ4v) is 1.85. The Hall–Kier alpha value is -0.280. The number of carbonyl (C=O) groups is 1. The van der Waals surface area contributed by atoms with Gasteiger partial charge in [0.25, 0.3) is 0 Å². The minimum absolute atomic E-state index is 0. The highest BCUT2D eigenvalue weighted by Crippen LogP contribution is 2.17. The van der Waals surface area contributed by atoms with Crippen molar-refractivity contribution < 1.29 is 4.79 Å². The molecule has 0 spiro atoms. The first-order valence-electron chi connectivity index (χ1n) is 5.93. The lowest BCUT2D eigenvalue weighted by molar-refractivity contribution is -0.129. The summed E-state index contributed by atoms with van der Waals surface area (Å²) < 4.78 is 0. The SMILES string of the molecule is CC(NC(=O)C(C)(C)C)C1CCCNC1.Cl. The average molecular weight is 249 g/mol. The van der Waals surface area contributed by atoms with Crippen LogP contribution in [0.3, 0.4) is 0 Å². The van der Waals surface area contributed by atoms with Crippen molar-refractivity contribution in [3.63, 3.8) is 0 Å². The van der Waals surface area contributed by atoms with E-state index < -0.39 is 0 Å². The lowest BCUT2D eigenvalue weighted by Crippen LogP contribution is -2.47. The van der Waals surface area contributed by atoms with Gasteiger partial charge in [-0.05, 0) is 38.8 Å². The second kappa shape index (κ2) is 6.45. The highest BCUT2D eigenvalue weighted by molar-refractivity contribution is 5.85. The van der Waals surface area contributed by atoms with Crippen LogP contribution in [0.2, 0.25) is 0 Å². The van der Waals surface area contributed by atoms with Gasteiger partial charge in [0.1, 0.15) is 0 Å². The van der Waals surface area contributed by atoms with Crippen molar-refractivity contribution in [2.24, 2.45) is 11.3 Å². The summed E-state index contributed by atoms with van der Waals surface area (Å²) >= 11 is 0. The first-order chi connectivity index (χ1) is 6.91. The fraction of sp³-hybridized carbons (Fsp3) is 0.917. The van der Waals surface area contributed by atoms with E-state index in [2.05, 4.69) is 17.6 Å². The molecule has 1 rings (SSSR count). The molecule has 1 amide bonds. The van der Waals surface area contributed by atoms with Crippen LogP contribution in [0.25, 0.3) is 0 Å². The summed E-state index contributed by atoms with van der Waals surface area (Å²) in [6.45, 7) is 10.1. The monoisotopic (exact) mass is 248 g/mol. The van der Waals surface area contributed by atoms with Crippen molar-refractivity contribution in [1.29, 1.82) is 0 Å². The van der Waals surface area contributed by atoms with Gasteiger partial charge in [0, 0.05) is 11.5 Å². The molecule has 3 nitrogen and oxygen atoms in total. The minimum Gasteiger partial charge on any atom is -0.353 e. The fourth-order valence-electron chi connectivity index (χ4n) is 1.85. The Balaban J connectivity index is 0.00000225. The van der Waals surface area contributed by atoms with E-state index in [1.54, 1.807) is 0 Å². The number of amides is 1. The van der Waals surface area contributed by atoms with Crippen molar-refractivity contribution in [2.45, 2.75) is 46.6 Å². The molecule has 0 radical (unpaired) electrons. The molecule has 16 heavy (non-hydrogen) atoms. The van der Waals surface area contributed by atoms with Gasteiger partial charge < -0.3 is 10.6 Å². The molecular formula is C12H25ClN2O. The smallest absolute Gasteiger partial charge is 0.225 e. The molecular weight excluding hydrogens is 224 g/mol. The molecule has 96 valence electrons. The van der Waals surface area contributed by atoms with Gasteiger partial charge >= 0.3 is 0 Å². The first-order valence-corrected chi connectivity index (χ1v) is 5.93. The van der Waals surface area contributed by atoms with E-state index in [4.69, 9.17) is 0 Å². The highest BCUT2D eigenvalue weighted by atomic mass is 35.5. The third-order valence-electron chi connectivity index (χ3n) is 3.08. The molecule has 4 heteroatoms. The Labute approximate surface area is 105 Å². The van der Waals surface area contributed by atoms with Gasteiger partial charge in [-0.1, -0.05) is 20.8 Å². The molecule has 0 aromatic rings. The predicted octanol–water partition coefficient (Wildman–Crippen LogP) is 1.96. The van der Waals surface area contributed by atoms with Crippen molar-refractivity contribution in [3.8, 4) is 0 Å². The molecule has 0 aliphatic carbocycles. The molecule has 1 saturated heterocycles. The molecule has 1 fully saturated rings. The lowest BCUT2D eigenvalue weighted by atomic mass is 9.90. The van der Waals surface area contributed by atoms with Gasteiger partial charge in [-0.2, -0.15) is 0 Å². The van der Waals surface area contributed by atoms with Gasteiger partial charge in [-0.25, -0.2) is 0 Å². The van der Waals surface area contributed by atoms with Crippen LogP contribution >= 0.6 is 12.4 Å². The average Bonchev–Trinajstić information content (AvgIpc) is 2.17. The highest BCUT2D eigenvalue weighted by Gasteiger charge is 2.26. The normalized spacial score (nSPS) is 23.1. The number of halogens is 1. The number of piperidine rings is 1. The second-order valence-corrected chi connectivity index (χ2v) is 5.62. The second-order valence-electron chi connectivity index (χ2n) is 5.62. The van der Waals surface area contributed by atoms with E-state index in [0.717, 1.165) is 13.1 Å². The van der Waals surface area contributed by atoms with Gasteiger partial charge in [0.05, 0.1) is 0 Å². The number of nitrogens with one attached hydrogen (secondary N) is 2. The Morgan fingerprint density at radius 2 is 2.06 bits per heavy atom. The maximum atomic E-state index is 11.8. The third kappa shape index (κ3) is 4.71. The van der Waals surface area contributed by atoms with E-state index in [0.29, 0.717) is 5.92 Å². The molecule has 0 bridgehead atoms. The third-order valence-corrected chi connectivity index (χ3v) is 3.08. The molecule has 0 aromatic heterocycles. The van der Waals surface area contributed by atoms with Gasteiger partial charge in [0.15, 0.2) is 0 Å². The standard InChI is InChI=1S/C12H24N2O.ClH/c1-9(10-6-5-7-13-8-10)14-11(15)12(2,3)4;/h9-10,13H,5-8H2,1-4H3,(H,14,15);1H. The Bertz CT molecular complexity index is 220. The van der Waals surface area contributed by atoms with Gasteiger partial charge in [-0.15, -0.1) is 12.4 Å². The first kappa shape index (κ1) is 15.7. The maximum Gasteiger partial charge on any atom is 0.225 e. The van der Waals surface area contributed by atoms with E-state index in [1.165, 1.54) is 12.8 Å². The predicted molar refractivity (Wildman–Crippen MR) is 69.9 cm³/mol. The Morgan fingerprint density at radius 3 is 2.50 bits per heavy atom. The topological polar surface area (TPSA) is 41.1 Å². The number of hydrogen-bond acceptors (Lipinski definition) is 2. The number of carbonyl (C=O) groups excluding carboxylic acids is 1. The lowest BCUT2D eigenvalue weighted by Gasteiger charge is -2.31. The van der Waals surface area contributed by atoms with Crippen LogP contribution in [-0.4, -0.2) is 25.0 Å². The molecule has 1 heterocycles. The van der Waals surface area contributed by atoms with E-state index in [1.807, 2.05) is 20.8 Å². The zero-order valence-corrected chi connectivity index (χ0v) is 11.6. The summed E-state index contributed by atoms with van der Waals surface area (Å²) in [6.07, 6.45) is 2.44. The summed E-state index contributed by atoms with van der Waals surface area (Å²) in [5.74, 6) is 0.741. The summed E-state index contributed by atoms with van der Waals surface area (Å²) in [5, 5.41) is 6.49. The van der Waals surface area contributed by atoms with Crippen LogP contribution in [0, 0.1) is 11.3 Å². The molecule has 0 saturated carbocycles. The summed E-state index contributed by atoms with van der Waals surface area (Å²) in [6, 6.07) is 0.282. The largest absolute Gasteiger partial charge is 0.353 e. The van der Waals surface area contributed by atoms with E-state index >= 15 is 0 Å². The van der Waals surface area contributed by atoms with Gasteiger partial charge in [0.2, 0.25) is 5.91 Å². The van der Waals surface area contributed by atoms with Crippen LogP contribution in [0.1, 0.15) is 40.5 Å². The van der Waals surface area contributed by atoms with Crippen LogP contribution < -0.4 is 10.6 Å². The molecule has 1 aliphatic rings.